The van der Waals surface area contributed by atoms with Gasteiger partial charge in [0.25, 0.3) is 5.56 Å². The van der Waals surface area contributed by atoms with Crippen molar-refractivity contribution in [2.24, 2.45) is 0 Å². The van der Waals surface area contributed by atoms with E-state index in [2.05, 4.69) is 10.6 Å². The number of carbonyl (C=O) groups excluding carboxylic acids is 1. The van der Waals surface area contributed by atoms with Crippen molar-refractivity contribution in [3.8, 4) is 0 Å². The molecule has 6 heteroatoms. The second kappa shape index (κ2) is 7.60. The third-order valence-electron chi connectivity index (χ3n) is 3.59. The molecule has 1 unspecified atom stereocenters. The molecule has 1 heterocycles. The number of nitrogens with zero attached hydrogens (tertiary/aromatic N) is 1. The van der Waals surface area contributed by atoms with E-state index in [-0.39, 0.29) is 12.1 Å². The number of rotatable bonds is 5. The molecule has 0 spiro atoms. The van der Waals surface area contributed by atoms with E-state index in [0.29, 0.717) is 12.2 Å². The first-order valence-corrected chi connectivity index (χ1v) is 7.50. The summed E-state index contributed by atoms with van der Waals surface area (Å²) in [7, 11) is 0. The number of pyridine rings is 1. The molecule has 0 saturated carbocycles. The Kier molecular flexibility index (Phi) is 5.54. The largest absolute Gasteiger partial charge is 0.387 e. The molecular formula is C17H21N3O3. The Morgan fingerprint density at radius 1 is 1.26 bits per heavy atom. The number of nitrogens with one attached hydrogen (secondary N) is 2. The van der Waals surface area contributed by atoms with E-state index >= 15 is 0 Å². The molecule has 0 radical (unpaired) electrons. The molecule has 0 bridgehead atoms. The Bertz CT molecular complexity index is 740. The van der Waals surface area contributed by atoms with Crippen LogP contribution in [0.5, 0.6) is 0 Å². The van der Waals surface area contributed by atoms with Crippen LogP contribution >= 0.6 is 0 Å². The van der Waals surface area contributed by atoms with E-state index in [0.717, 1.165) is 11.1 Å². The maximum absolute atomic E-state index is 11.9. The lowest BCUT2D eigenvalue weighted by Crippen LogP contribution is -2.33. The van der Waals surface area contributed by atoms with Gasteiger partial charge in [-0.15, -0.1) is 0 Å². The quantitative estimate of drug-likeness (QED) is 0.789. The van der Waals surface area contributed by atoms with Crippen LogP contribution in [0.2, 0.25) is 0 Å². The number of aliphatic hydroxyl groups excluding tert-OH is 1. The minimum absolute atomic E-state index is 0.101. The summed E-state index contributed by atoms with van der Waals surface area (Å²) in [6.45, 7) is 4.39. The highest BCUT2D eigenvalue weighted by Crippen LogP contribution is 2.16. The van der Waals surface area contributed by atoms with Crippen LogP contribution in [0, 0.1) is 6.92 Å². The summed E-state index contributed by atoms with van der Waals surface area (Å²) in [6.07, 6.45) is 0.811. The minimum atomic E-state index is -0.772. The number of benzene rings is 1. The summed E-state index contributed by atoms with van der Waals surface area (Å²) in [5.41, 5.74) is 2.16. The first kappa shape index (κ1) is 16.8. The fourth-order valence-corrected chi connectivity index (χ4v) is 2.29. The minimum Gasteiger partial charge on any atom is -0.387 e. The molecule has 0 fully saturated rings. The third-order valence-corrected chi connectivity index (χ3v) is 3.59. The van der Waals surface area contributed by atoms with E-state index < -0.39 is 12.1 Å². The van der Waals surface area contributed by atoms with Crippen molar-refractivity contribution in [3.63, 3.8) is 0 Å². The van der Waals surface area contributed by atoms with Crippen molar-refractivity contribution in [1.29, 1.82) is 0 Å². The maximum Gasteiger partial charge on any atom is 0.319 e. The standard InChI is InChI=1S/C17H21N3O3/c1-3-20-11-13(8-9-16(20)22)19-17(23)18-10-15(21)14-7-5-4-6-12(14)2/h4-9,11,15,21H,3,10H2,1-2H3,(H2,18,19,23). The summed E-state index contributed by atoms with van der Waals surface area (Å²) in [6, 6.07) is 10.0. The smallest absolute Gasteiger partial charge is 0.319 e. The molecule has 0 aliphatic heterocycles. The van der Waals surface area contributed by atoms with Gasteiger partial charge in [0.1, 0.15) is 0 Å². The first-order chi connectivity index (χ1) is 11.0. The van der Waals surface area contributed by atoms with Gasteiger partial charge in [0, 0.05) is 25.4 Å². The molecule has 2 amide bonds. The van der Waals surface area contributed by atoms with Gasteiger partial charge in [-0.05, 0) is 31.0 Å². The lowest BCUT2D eigenvalue weighted by Gasteiger charge is -2.15. The second-order valence-electron chi connectivity index (χ2n) is 5.25. The van der Waals surface area contributed by atoms with Crippen molar-refractivity contribution < 1.29 is 9.90 Å². The van der Waals surface area contributed by atoms with Gasteiger partial charge >= 0.3 is 6.03 Å². The first-order valence-electron chi connectivity index (χ1n) is 7.50. The van der Waals surface area contributed by atoms with Crippen molar-refractivity contribution in [1.82, 2.24) is 9.88 Å². The average molecular weight is 315 g/mol. The molecule has 2 aromatic rings. The highest BCUT2D eigenvalue weighted by molar-refractivity contribution is 5.88. The Morgan fingerprint density at radius 3 is 2.70 bits per heavy atom. The van der Waals surface area contributed by atoms with Gasteiger partial charge in [-0.2, -0.15) is 0 Å². The zero-order valence-corrected chi connectivity index (χ0v) is 13.2. The number of carbonyl (C=O) groups is 1. The fraction of sp³-hybridized carbons (Fsp3) is 0.294. The molecule has 3 N–H and O–H groups in total. The number of urea groups is 1. The third kappa shape index (κ3) is 4.43. The average Bonchev–Trinajstić information content (AvgIpc) is 2.55. The highest BCUT2D eigenvalue weighted by Gasteiger charge is 2.11. The maximum atomic E-state index is 11.9. The SMILES string of the molecule is CCn1cc(NC(=O)NCC(O)c2ccccc2C)ccc1=O. The lowest BCUT2D eigenvalue weighted by atomic mass is 10.0. The molecule has 0 aliphatic rings. The van der Waals surface area contributed by atoms with Crippen LogP contribution in [-0.2, 0) is 6.54 Å². The van der Waals surface area contributed by atoms with Gasteiger partial charge in [-0.3, -0.25) is 4.79 Å². The summed E-state index contributed by atoms with van der Waals surface area (Å²) in [4.78, 5) is 23.4. The van der Waals surface area contributed by atoms with Gasteiger partial charge in [0.05, 0.1) is 11.8 Å². The summed E-state index contributed by atoms with van der Waals surface area (Å²) in [5.74, 6) is 0. The Balaban J connectivity index is 1.93. The van der Waals surface area contributed by atoms with E-state index in [1.807, 2.05) is 38.1 Å². The van der Waals surface area contributed by atoms with Crippen LogP contribution in [0.4, 0.5) is 10.5 Å². The number of hydrogen-bond acceptors (Lipinski definition) is 3. The summed E-state index contributed by atoms with van der Waals surface area (Å²) >= 11 is 0. The number of anilines is 1. The van der Waals surface area contributed by atoms with Crippen LogP contribution in [0.1, 0.15) is 24.2 Å². The molecule has 1 aromatic carbocycles. The number of aryl methyl sites for hydroxylation is 2. The summed E-state index contributed by atoms with van der Waals surface area (Å²) in [5, 5.41) is 15.4. The van der Waals surface area contributed by atoms with Gasteiger partial charge in [0.15, 0.2) is 0 Å². The Labute approximate surface area is 134 Å². The fourth-order valence-electron chi connectivity index (χ4n) is 2.29. The molecule has 1 aromatic heterocycles. The topological polar surface area (TPSA) is 83.4 Å². The monoisotopic (exact) mass is 315 g/mol. The van der Waals surface area contributed by atoms with Gasteiger partial charge < -0.3 is 20.3 Å². The van der Waals surface area contributed by atoms with Crippen molar-refractivity contribution >= 4 is 11.7 Å². The van der Waals surface area contributed by atoms with Gasteiger partial charge in [0.2, 0.25) is 0 Å². The molecule has 23 heavy (non-hydrogen) atoms. The van der Waals surface area contributed by atoms with E-state index in [9.17, 15) is 14.7 Å². The number of aromatic nitrogens is 1. The summed E-state index contributed by atoms with van der Waals surface area (Å²) < 4.78 is 1.50. The lowest BCUT2D eigenvalue weighted by molar-refractivity contribution is 0.174. The predicted octanol–water partition coefficient (Wildman–Crippen LogP) is 2.03. The Hall–Kier alpha value is -2.60. The normalized spacial score (nSPS) is 11.8. The molecule has 122 valence electrons. The second-order valence-corrected chi connectivity index (χ2v) is 5.25. The van der Waals surface area contributed by atoms with Gasteiger partial charge in [-0.1, -0.05) is 24.3 Å². The van der Waals surface area contributed by atoms with Crippen LogP contribution in [0.3, 0.4) is 0 Å². The van der Waals surface area contributed by atoms with Crippen LogP contribution < -0.4 is 16.2 Å². The number of aliphatic hydroxyl groups is 1. The molecule has 2 rings (SSSR count). The highest BCUT2D eigenvalue weighted by atomic mass is 16.3. The van der Waals surface area contributed by atoms with Crippen LogP contribution in [0.15, 0.2) is 47.4 Å². The van der Waals surface area contributed by atoms with E-state index in [4.69, 9.17) is 0 Å². The van der Waals surface area contributed by atoms with Crippen molar-refractivity contribution in [2.45, 2.75) is 26.5 Å². The van der Waals surface area contributed by atoms with E-state index in [1.165, 1.54) is 10.6 Å². The molecule has 6 nitrogen and oxygen atoms in total. The van der Waals surface area contributed by atoms with Crippen molar-refractivity contribution in [2.75, 3.05) is 11.9 Å². The van der Waals surface area contributed by atoms with Crippen molar-refractivity contribution in [3.05, 3.63) is 64.1 Å². The predicted molar refractivity (Wildman–Crippen MR) is 89.5 cm³/mol. The number of hydrogen-bond donors (Lipinski definition) is 3. The van der Waals surface area contributed by atoms with E-state index in [1.54, 1.807) is 12.3 Å². The Morgan fingerprint density at radius 2 is 2.00 bits per heavy atom. The zero-order valence-electron chi connectivity index (χ0n) is 13.2. The van der Waals surface area contributed by atoms with Crippen LogP contribution in [-0.4, -0.2) is 22.2 Å². The number of amides is 2. The molecule has 0 saturated heterocycles. The molecular weight excluding hydrogens is 294 g/mol. The zero-order chi connectivity index (χ0) is 16.8. The van der Waals surface area contributed by atoms with Crippen LogP contribution in [0.25, 0.3) is 0 Å². The molecule has 0 aliphatic carbocycles. The van der Waals surface area contributed by atoms with Gasteiger partial charge in [-0.25, -0.2) is 4.79 Å². The molecule has 1 atom stereocenters.